The van der Waals surface area contributed by atoms with Crippen molar-refractivity contribution in [2.24, 2.45) is 0 Å². The minimum Gasteiger partial charge on any atom is -0.350 e. The highest BCUT2D eigenvalue weighted by molar-refractivity contribution is 6.46. The number of carbonyl (C=O) groups excluding carboxylic acids is 2. The number of amides is 2. The van der Waals surface area contributed by atoms with Crippen LogP contribution in [0.3, 0.4) is 0 Å². The van der Waals surface area contributed by atoms with E-state index in [1.165, 1.54) is 10.5 Å². The largest absolute Gasteiger partial charge is 0.350 e. The zero-order chi connectivity index (χ0) is 23.9. The Morgan fingerprint density at radius 3 is 2.09 bits per heavy atom. The number of halogens is 1. The standard InChI is InChI=1S/C28H27ClN2O2/c1-16(2)20-8-11-23(12-9-20)30-26-25(21-7-6-17(3)18(4)14-21)27(32)31(28(26)33)24-13-10-22(29)15-19(24)5/h6-16,30H,1-5H3. The molecular formula is C28H27ClN2O2. The second kappa shape index (κ2) is 8.87. The zero-order valence-electron chi connectivity index (χ0n) is 19.5. The topological polar surface area (TPSA) is 49.4 Å². The van der Waals surface area contributed by atoms with Crippen LogP contribution in [0.15, 0.2) is 66.4 Å². The van der Waals surface area contributed by atoms with Crippen molar-refractivity contribution in [1.29, 1.82) is 0 Å². The molecule has 2 amide bonds. The first-order valence-electron chi connectivity index (χ1n) is 11.0. The maximum atomic E-state index is 13.7. The molecule has 5 heteroatoms. The lowest BCUT2D eigenvalue weighted by atomic mass is 9.99. The Bertz CT molecular complexity index is 1290. The second-order valence-electron chi connectivity index (χ2n) is 8.83. The molecule has 0 aliphatic carbocycles. The van der Waals surface area contributed by atoms with E-state index < -0.39 is 0 Å². The number of imide groups is 1. The Morgan fingerprint density at radius 2 is 1.48 bits per heavy atom. The van der Waals surface area contributed by atoms with Gasteiger partial charge in [0.05, 0.1) is 11.3 Å². The fraction of sp³-hybridized carbons (Fsp3) is 0.214. The molecule has 33 heavy (non-hydrogen) atoms. The van der Waals surface area contributed by atoms with Crippen molar-refractivity contribution in [3.05, 3.63) is 99.2 Å². The van der Waals surface area contributed by atoms with Crippen molar-refractivity contribution in [2.45, 2.75) is 40.5 Å². The number of hydrogen-bond acceptors (Lipinski definition) is 3. The summed E-state index contributed by atoms with van der Waals surface area (Å²) in [6.45, 7) is 10.1. The summed E-state index contributed by atoms with van der Waals surface area (Å²) in [4.78, 5) is 28.5. The highest BCUT2D eigenvalue weighted by Gasteiger charge is 2.41. The fourth-order valence-electron chi connectivity index (χ4n) is 3.99. The van der Waals surface area contributed by atoms with Crippen LogP contribution in [0.4, 0.5) is 11.4 Å². The molecule has 1 aliphatic rings. The molecular weight excluding hydrogens is 432 g/mol. The van der Waals surface area contributed by atoms with Crippen molar-refractivity contribution >= 4 is 40.4 Å². The summed E-state index contributed by atoms with van der Waals surface area (Å²) in [6, 6.07) is 18.9. The van der Waals surface area contributed by atoms with Gasteiger partial charge in [-0.05, 0) is 84.8 Å². The van der Waals surface area contributed by atoms with Crippen LogP contribution in [0.25, 0.3) is 5.57 Å². The van der Waals surface area contributed by atoms with Gasteiger partial charge in [-0.3, -0.25) is 9.59 Å². The van der Waals surface area contributed by atoms with E-state index in [-0.39, 0.29) is 17.5 Å². The molecule has 3 aromatic carbocycles. The molecule has 0 fully saturated rings. The normalized spacial score (nSPS) is 14.0. The lowest BCUT2D eigenvalue weighted by Crippen LogP contribution is -2.33. The van der Waals surface area contributed by atoms with E-state index in [4.69, 9.17) is 11.6 Å². The highest BCUT2D eigenvalue weighted by Crippen LogP contribution is 2.36. The molecule has 1 N–H and O–H groups in total. The SMILES string of the molecule is Cc1ccc(C2=C(Nc3ccc(C(C)C)cc3)C(=O)N(c3ccc(Cl)cc3C)C2=O)cc1C. The van der Waals surface area contributed by atoms with Gasteiger partial charge in [0.2, 0.25) is 0 Å². The minimum atomic E-state index is -0.383. The van der Waals surface area contributed by atoms with Gasteiger partial charge in [-0.2, -0.15) is 0 Å². The monoisotopic (exact) mass is 458 g/mol. The van der Waals surface area contributed by atoms with Crippen molar-refractivity contribution in [1.82, 2.24) is 0 Å². The molecule has 1 heterocycles. The smallest absolute Gasteiger partial charge is 0.282 e. The van der Waals surface area contributed by atoms with Crippen LogP contribution in [0, 0.1) is 20.8 Å². The van der Waals surface area contributed by atoms with E-state index in [1.807, 2.05) is 63.2 Å². The molecule has 0 unspecified atom stereocenters. The predicted octanol–water partition coefficient (Wildman–Crippen LogP) is 6.79. The first-order chi connectivity index (χ1) is 15.7. The number of aryl methyl sites for hydroxylation is 3. The van der Waals surface area contributed by atoms with Gasteiger partial charge in [-0.15, -0.1) is 0 Å². The summed E-state index contributed by atoms with van der Waals surface area (Å²) < 4.78 is 0. The van der Waals surface area contributed by atoms with Crippen LogP contribution in [-0.4, -0.2) is 11.8 Å². The molecule has 0 atom stereocenters. The molecule has 4 nitrogen and oxygen atoms in total. The third kappa shape index (κ3) is 4.31. The Morgan fingerprint density at radius 1 is 0.788 bits per heavy atom. The van der Waals surface area contributed by atoms with Crippen molar-refractivity contribution in [3.8, 4) is 0 Å². The third-order valence-electron chi connectivity index (χ3n) is 6.13. The van der Waals surface area contributed by atoms with Crippen LogP contribution in [0.2, 0.25) is 5.02 Å². The lowest BCUT2D eigenvalue weighted by molar-refractivity contribution is -0.120. The number of nitrogens with zero attached hydrogens (tertiary/aromatic N) is 1. The van der Waals surface area contributed by atoms with Gasteiger partial charge in [-0.1, -0.05) is 55.8 Å². The summed E-state index contributed by atoms with van der Waals surface area (Å²) in [5.41, 5.74) is 6.78. The van der Waals surface area contributed by atoms with E-state index in [1.54, 1.807) is 18.2 Å². The summed E-state index contributed by atoms with van der Waals surface area (Å²) >= 11 is 6.11. The van der Waals surface area contributed by atoms with E-state index in [0.717, 1.165) is 22.4 Å². The Kier molecular flexibility index (Phi) is 6.13. The van der Waals surface area contributed by atoms with Gasteiger partial charge in [0, 0.05) is 10.7 Å². The van der Waals surface area contributed by atoms with Crippen LogP contribution in [0.1, 0.15) is 47.6 Å². The molecule has 0 saturated carbocycles. The Hall–Kier alpha value is -3.37. The number of carbonyl (C=O) groups is 2. The molecule has 1 aliphatic heterocycles. The number of rotatable bonds is 5. The average Bonchev–Trinajstić information content (AvgIpc) is 3.00. The molecule has 3 aromatic rings. The van der Waals surface area contributed by atoms with Gasteiger partial charge in [-0.25, -0.2) is 4.90 Å². The van der Waals surface area contributed by atoms with Crippen LogP contribution >= 0.6 is 11.6 Å². The van der Waals surface area contributed by atoms with Gasteiger partial charge < -0.3 is 5.32 Å². The van der Waals surface area contributed by atoms with E-state index in [9.17, 15) is 9.59 Å². The van der Waals surface area contributed by atoms with E-state index in [0.29, 0.717) is 27.8 Å². The fourth-order valence-corrected chi connectivity index (χ4v) is 4.22. The quantitative estimate of drug-likeness (QED) is 0.428. The van der Waals surface area contributed by atoms with E-state index >= 15 is 0 Å². The number of anilines is 2. The second-order valence-corrected chi connectivity index (χ2v) is 9.26. The zero-order valence-corrected chi connectivity index (χ0v) is 20.2. The molecule has 0 saturated heterocycles. The van der Waals surface area contributed by atoms with Gasteiger partial charge >= 0.3 is 0 Å². The van der Waals surface area contributed by atoms with Gasteiger partial charge in [0.1, 0.15) is 5.70 Å². The molecule has 4 rings (SSSR count). The van der Waals surface area contributed by atoms with Crippen LogP contribution in [-0.2, 0) is 9.59 Å². The van der Waals surface area contributed by atoms with Crippen LogP contribution in [0.5, 0.6) is 0 Å². The molecule has 0 radical (unpaired) electrons. The highest BCUT2D eigenvalue weighted by atomic mass is 35.5. The van der Waals surface area contributed by atoms with E-state index in [2.05, 4.69) is 19.2 Å². The average molecular weight is 459 g/mol. The van der Waals surface area contributed by atoms with Crippen LogP contribution < -0.4 is 10.2 Å². The Balaban J connectivity index is 1.82. The first kappa shape index (κ1) is 22.8. The summed E-state index contributed by atoms with van der Waals surface area (Å²) in [5.74, 6) is -0.330. The minimum absolute atomic E-state index is 0.273. The van der Waals surface area contributed by atoms with Crippen molar-refractivity contribution in [3.63, 3.8) is 0 Å². The van der Waals surface area contributed by atoms with Gasteiger partial charge in [0.25, 0.3) is 11.8 Å². The molecule has 0 spiro atoms. The molecule has 168 valence electrons. The maximum Gasteiger partial charge on any atom is 0.282 e. The Labute approximate surface area is 199 Å². The molecule has 0 bridgehead atoms. The van der Waals surface area contributed by atoms with Crippen molar-refractivity contribution < 1.29 is 9.59 Å². The lowest BCUT2D eigenvalue weighted by Gasteiger charge is -2.18. The van der Waals surface area contributed by atoms with Gasteiger partial charge in [0.15, 0.2) is 0 Å². The third-order valence-corrected chi connectivity index (χ3v) is 6.36. The summed E-state index contributed by atoms with van der Waals surface area (Å²) in [7, 11) is 0. The van der Waals surface area contributed by atoms with Crippen molar-refractivity contribution in [2.75, 3.05) is 10.2 Å². The number of nitrogens with one attached hydrogen (secondary N) is 1. The first-order valence-corrected chi connectivity index (χ1v) is 11.4. The number of hydrogen-bond donors (Lipinski definition) is 1. The molecule has 0 aromatic heterocycles. The summed E-state index contributed by atoms with van der Waals surface area (Å²) in [6.07, 6.45) is 0. The predicted molar refractivity (Wildman–Crippen MR) is 136 cm³/mol. The summed E-state index contributed by atoms with van der Waals surface area (Å²) in [5, 5.41) is 3.80. The maximum absolute atomic E-state index is 13.7. The number of benzene rings is 3.